The maximum Gasteiger partial charge on any atom is 0.318 e. The number of likely N-dealkylation sites (tertiary alicyclic amines) is 1. The van der Waals surface area contributed by atoms with Crippen molar-refractivity contribution in [3.05, 3.63) is 0 Å². The number of urea groups is 1. The van der Waals surface area contributed by atoms with E-state index in [1.54, 1.807) is 0 Å². The van der Waals surface area contributed by atoms with E-state index in [1.165, 1.54) is 0 Å². The zero-order valence-electron chi connectivity index (χ0n) is 10.5. The molecule has 0 bridgehead atoms. The van der Waals surface area contributed by atoms with Gasteiger partial charge in [-0.15, -0.1) is 0 Å². The summed E-state index contributed by atoms with van der Waals surface area (Å²) in [4.78, 5) is 24.0. The van der Waals surface area contributed by atoms with Crippen LogP contribution in [-0.4, -0.2) is 47.2 Å². The van der Waals surface area contributed by atoms with Gasteiger partial charge in [0, 0.05) is 19.0 Å². The van der Waals surface area contributed by atoms with Crippen molar-refractivity contribution in [2.45, 2.75) is 37.7 Å². The number of primary amides is 1. The average Bonchev–Trinajstić information content (AvgIpc) is 2.28. The van der Waals surface area contributed by atoms with Gasteiger partial charge < -0.3 is 10.8 Å². The number of fused-ring (bicyclic) bond motifs is 1. The van der Waals surface area contributed by atoms with Gasteiger partial charge in [0.05, 0.1) is 12.1 Å². The predicted octanol–water partition coefficient (Wildman–Crippen LogP) is -0.192. The molecule has 2 unspecified atom stereocenters. The Morgan fingerprint density at radius 2 is 2.17 bits per heavy atom. The fourth-order valence-corrected chi connectivity index (χ4v) is 3.16. The van der Waals surface area contributed by atoms with Crippen molar-refractivity contribution >= 4 is 11.9 Å². The van der Waals surface area contributed by atoms with E-state index in [2.05, 4.69) is 5.32 Å². The average molecular weight is 255 g/mol. The Morgan fingerprint density at radius 3 is 2.89 bits per heavy atom. The van der Waals surface area contributed by atoms with Crippen molar-refractivity contribution < 1.29 is 14.7 Å². The third-order valence-corrected chi connectivity index (χ3v) is 4.14. The zero-order valence-corrected chi connectivity index (χ0v) is 10.5. The third-order valence-electron chi connectivity index (χ3n) is 4.14. The minimum Gasteiger partial charge on any atom is -0.390 e. The van der Waals surface area contributed by atoms with Gasteiger partial charge >= 0.3 is 6.03 Å². The molecule has 2 rings (SSSR count). The molecule has 4 N–H and O–H groups in total. The number of carbonyl (C=O) groups excluding carboxylic acids is 2. The number of nitrogens with one attached hydrogen (secondary N) is 1. The van der Waals surface area contributed by atoms with Gasteiger partial charge in [0.2, 0.25) is 5.91 Å². The third kappa shape index (κ3) is 3.00. The Kier molecular flexibility index (Phi) is 3.87. The molecule has 0 aromatic rings. The number of hydrogen-bond acceptors (Lipinski definition) is 4. The summed E-state index contributed by atoms with van der Waals surface area (Å²) in [5.41, 5.74) is 4.36. The van der Waals surface area contributed by atoms with Crippen LogP contribution in [0.4, 0.5) is 4.79 Å². The van der Waals surface area contributed by atoms with E-state index in [1.807, 2.05) is 4.90 Å². The van der Waals surface area contributed by atoms with E-state index < -0.39 is 11.6 Å². The number of nitrogens with zero attached hydrogens (tertiary/aromatic N) is 1. The molecule has 0 aromatic heterocycles. The van der Waals surface area contributed by atoms with Crippen LogP contribution in [-0.2, 0) is 4.79 Å². The number of rotatable bonds is 2. The first-order chi connectivity index (χ1) is 8.49. The van der Waals surface area contributed by atoms with Gasteiger partial charge in [0.25, 0.3) is 0 Å². The van der Waals surface area contributed by atoms with Gasteiger partial charge in [0.15, 0.2) is 0 Å². The molecule has 1 aliphatic carbocycles. The summed E-state index contributed by atoms with van der Waals surface area (Å²) in [6.07, 6.45) is 4.84. The zero-order chi connectivity index (χ0) is 13.2. The number of hydrogen-bond donors (Lipinski definition) is 3. The second kappa shape index (κ2) is 5.24. The quantitative estimate of drug-likeness (QED) is 0.637. The molecule has 102 valence electrons. The maximum absolute atomic E-state index is 11.4. The lowest BCUT2D eigenvalue weighted by atomic mass is 9.71. The van der Waals surface area contributed by atoms with E-state index in [9.17, 15) is 14.7 Å². The fraction of sp³-hybridized carbons (Fsp3) is 0.833. The van der Waals surface area contributed by atoms with Crippen LogP contribution in [0, 0.1) is 5.92 Å². The first-order valence-corrected chi connectivity index (χ1v) is 6.54. The topological polar surface area (TPSA) is 95.7 Å². The van der Waals surface area contributed by atoms with Crippen LogP contribution in [0.15, 0.2) is 0 Å². The highest BCUT2D eigenvalue weighted by Crippen LogP contribution is 2.39. The van der Waals surface area contributed by atoms with E-state index in [0.717, 1.165) is 32.2 Å². The summed E-state index contributed by atoms with van der Waals surface area (Å²) in [6.45, 7) is 1.59. The minimum absolute atomic E-state index is 0.176. The van der Waals surface area contributed by atoms with Crippen molar-refractivity contribution in [3.63, 3.8) is 0 Å². The molecule has 0 aromatic carbocycles. The lowest BCUT2D eigenvalue weighted by Crippen LogP contribution is -2.55. The van der Waals surface area contributed by atoms with Gasteiger partial charge in [-0.2, -0.15) is 0 Å². The summed E-state index contributed by atoms with van der Waals surface area (Å²) < 4.78 is 0. The molecule has 6 nitrogen and oxygen atoms in total. The molecule has 3 amide bonds. The first-order valence-electron chi connectivity index (χ1n) is 6.54. The smallest absolute Gasteiger partial charge is 0.318 e. The lowest BCUT2D eigenvalue weighted by Gasteiger charge is -2.47. The van der Waals surface area contributed by atoms with Crippen LogP contribution in [0.2, 0.25) is 0 Å². The van der Waals surface area contributed by atoms with Gasteiger partial charge in [0.1, 0.15) is 0 Å². The summed E-state index contributed by atoms with van der Waals surface area (Å²) >= 11 is 0. The number of carbonyl (C=O) groups is 2. The molecule has 2 atom stereocenters. The number of amides is 3. The number of imide groups is 1. The van der Waals surface area contributed by atoms with Crippen molar-refractivity contribution in [1.82, 2.24) is 10.2 Å². The highest BCUT2D eigenvalue weighted by atomic mass is 16.3. The van der Waals surface area contributed by atoms with Crippen molar-refractivity contribution in [2.24, 2.45) is 11.7 Å². The van der Waals surface area contributed by atoms with Crippen LogP contribution in [0.25, 0.3) is 0 Å². The molecule has 1 saturated carbocycles. The Balaban J connectivity index is 1.87. The van der Waals surface area contributed by atoms with Crippen molar-refractivity contribution in [1.29, 1.82) is 0 Å². The van der Waals surface area contributed by atoms with E-state index in [-0.39, 0.29) is 18.4 Å². The number of aliphatic hydroxyl groups is 1. The minimum atomic E-state index is -0.814. The summed E-state index contributed by atoms with van der Waals surface area (Å²) in [5.74, 6) is -0.120. The van der Waals surface area contributed by atoms with E-state index in [0.29, 0.717) is 13.0 Å². The highest BCUT2D eigenvalue weighted by molar-refractivity contribution is 5.94. The maximum atomic E-state index is 11.4. The van der Waals surface area contributed by atoms with Crippen LogP contribution >= 0.6 is 0 Å². The molecule has 18 heavy (non-hydrogen) atoms. The van der Waals surface area contributed by atoms with Gasteiger partial charge in [-0.3, -0.25) is 15.0 Å². The van der Waals surface area contributed by atoms with Crippen LogP contribution in [0.1, 0.15) is 32.1 Å². The number of nitrogens with two attached hydrogens (primary N) is 1. The van der Waals surface area contributed by atoms with Crippen LogP contribution in [0.5, 0.6) is 0 Å². The number of piperidine rings is 1. The second-order valence-corrected chi connectivity index (χ2v) is 5.44. The predicted molar refractivity (Wildman–Crippen MR) is 65.7 cm³/mol. The largest absolute Gasteiger partial charge is 0.390 e. The lowest BCUT2D eigenvalue weighted by molar-refractivity contribution is -0.126. The van der Waals surface area contributed by atoms with Gasteiger partial charge in [-0.25, -0.2) is 4.79 Å². The second-order valence-electron chi connectivity index (χ2n) is 5.44. The van der Waals surface area contributed by atoms with Crippen LogP contribution < -0.4 is 11.1 Å². The standard InChI is InChI=1S/C12H21N3O3/c13-11(17)14-10(16)8-15-6-5-12(18)4-2-1-3-9(12)7-15/h9,18H,1-8H2,(H3,13,14,16,17). The molecular weight excluding hydrogens is 234 g/mol. The Morgan fingerprint density at radius 1 is 1.39 bits per heavy atom. The Bertz CT molecular complexity index is 347. The highest BCUT2D eigenvalue weighted by Gasteiger charge is 2.42. The molecule has 0 spiro atoms. The van der Waals surface area contributed by atoms with Gasteiger partial charge in [-0.05, 0) is 19.3 Å². The monoisotopic (exact) mass is 255 g/mol. The molecule has 0 radical (unpaired) electrons. The molecule has 2 fully saturated rings. The summed E-state index contributed by atoms with van der Waals surface area (Å²) in [5, 5.41) is 12.6. The van der Waals surface area contributed by atoms with Crippen LogP contribution in [0.3, 0.4) is 0 Å². The molecule has 6 heteroatoms. The van der Waals surface area contributed by atoms with Crippen molar-refractivity contribution in [2.75, 3.05) is 19.6 Å². The molecule has 1 heterocycles. The SMILES string of the molecule is NC(=O)NC(=O)CN1CCC2(O)CCCCC2C1. The molecule has 1 aliphatic heterocycles. The fourth-order valence-electron chi connectivity index (χ4n) is 3.16. The first kappa shape index (κ1) is 13.3. The molecule has 2 aliphatic rings. The Labute approximate surface area is 107 Å². The Hall–Kier alpha value is -1.14. The van der Waals surface area contributed by atoms with Crippen molar-refractivity contribution in [3.8, 4) is 0 Å². The van der Waals surface area contributed by atoms with Gasteiger partial charge in [-0.1, -0.05) is 12.8 Å². The van der Waals surface area contributed by atoms with E-state index >= 15 is 0 Å². The summed E-state index contributed by atoms with van der Waals surface area (Å²) in [7, 11) is 0. The molecular formula is C12H21N3O3. The van der Waals surface area contributed by atoms with E-state index in [4.69, 9.17) is 5.73 Å². The normalized spacial score (nSPS) is 32.6. The molecule has 1 saturated heterocycles. The summed E-state index contributed by atoms with van der Waals surface area (Å²) in [6, 6.07) is -0.814.